The van der Waals surface area contributed by atoms with Crippen LogP contribution in [0.25, 0.3) is 109 Å². The molecule has 0 fully saturated rings. The number of allylic oxidation sites excluding steroid dienone is 4. The van der Waals surface area contributed by atoms with Crippen LogP contribution in [-0.4, -0.2) is 4.57 Å². The zero-order chi connectivity index (χ0) is 39.3. The molecule has 2 heterocycles. The molecule has 2 aliphatic rings. The number of fused-ring (bicyclic) bond motifs is 9. The number of nitrogens with zero attached hydrogens (tertiary/aromatic N) is 1. The van der Waals surface area contributed by atoms with Crippen LogP contribution in [-0.2, 0) is 0 Å². The molecule has 13 rings (SSSR count). The van der Waals surface area contributed by atoms with Gasteiger partial charge in [0.15, 0.2) is 0 Å². The van der Waals surface area contributed by atoms with E-state index in [1.54, 1.807) is 0 Å². The van der Waals surface area contributed by atoms with Crippen molar-refractivity contribution in [3.05, 3.63) is 228 Å². The van der Waals surface area contributed by atoms with Gasteiger partial charge in [-0.05, 0) is 127 Å². The molecule has 0 aliphatic heterocycles. The van der Waals surface area contributed by atoms with Crippen LogP contribution >= 0.6 is 11.3 Å². The molecule has 0 N–H and O–H groups in total. The number of para-hydroxylation sites is 1. The van der Waals surface area contributed by atoms with E-state index in [0.29, 0.717) is 0 Å². The van der Waals surface area contributed by atoms with E-state index in [1.165, 1.54) is 103 Å². The molecule has 0 saturated carbocycles. The minimum Gasteiger partial charge on any atom is -0.309 e. The summed E-state index contributed by atoms with van der Waals surface area (Å²) in [6.07, 6.45) is 2.28. The molecule has 11 aromatic rings. The second-order valence-corrected chi connectivity index (χ2v) is 17.0. The predicted molar refractivity (Wildman–Crippen MR) is 256 cm³/mol. The largest absolute Gasteiger partial charge is 0.309 e. The first-order valence-electron chi connectivity index (χ1n) is 20.5. The van der Waals surface area contributed by atoms with Gasteiger partial charge in [0.1, 0.15) is 0 Å². The van der Waals surface area contributed by atoms with Gasteiger partial charge in [0.25, 0.3) is 0 Å². The maximum Gasteiger partial charge on any atom is 0.0541 e. The Kier molecular flexibility index (Phi) is 7.16. The second-order valence-electron chi connectivity index (χ2n) is 15.9. The Bertz CT molecular complexity index is 3750. The average Bonchev–Trinajstić information content (AvgIpc) is 3.97. The number of thiophene rings is 1. The van der Waals surface area contributed by atoms with Gasteiger partial charge in [-0.15, -0.1) is 11.3 Å². The van der Waals surface area contributed by atoms with E-state index >= 15 is 0 Å². The molecule has 0 bridgehead atoms. The van der Waals surface area contributed by atoms with Crippen molar-refractivity contribution in [2.24, 2.45) is 0 Å². The smallest absolute Gasteiger partial charge is 0.0541 e. The first-order chi connectivity index (χ1) is 29.7. The minimum absolute atomic E-state index is 1.07. The molecule has 0 unspecified atom stereocenters. The number of rotatable bonds is 5. The lowest BCUT2D eigenvalue weighted by Crippen LogP contribution is -1.94. The fourth-order valence-electron chi connectivity index (χ4n) is 9.73. The summed E-state index contributed by atoms with van der Waals surface area (Å²) in [5.74, 6) is 0. The molecular formula is C58H33NS. The molecule has 60 heavy (non-hydrogen) atoms. The van der Waals surface area contributed by atoms with E-state index in [-0.39, 0.29) is 0 Å². The van der Waals surface area contributed by atoms with Crippen molar-refractivity contribution in [2.45, 2.75) is 0 Å². The van der Waals surface area contributed by atoms with E-state index in [2.05, 4.69) is 216 Å². The summed E-state index contributed by atoms with van der Waals surface area (Å²) >= 11 is 1.87. The van der Waals surface area contributed by atoms with Gasteiger partial charge in [-0.25, -0.2) is 0 Å². The average molecular weight is 776 g/mol. The fraction of sp³-hybridized carbons (Fsp3) is 0. The van der Waals surface area contributed by atoms with Crippen molar-refractivity contribution in [1.29, 1.82) is 0 Å². The third-order valence-electron chi connectivity index (χ3n) is 12.6. The third-order valence-corrected chi connectivity index (χ3v) is 13.7. The predicted octanol–water partition coefficient (Wildman–Crippen LogP) is 15.9. The van der Waals surface area contributed by atoms with Gasteiger partial charge >= 0.3 is 0 Å². The van der Waals surface area contributed by atoms with Crippen molar-refractivity contribution in [1.82, 2.24) is 4.57 Å². The van der Waals surface area contributed by atoms with Gasteiger partial charge in [0.05, 0.1) is 11.0 Å². The summed E-state index contributed by atoms with van der Waals surface area (Å²) in [6, 6.07) is 71.2. The van der Waals surface area contributed by atoms with Crippen molar-refractivity contribution in [2.75, 3.05) is 0 Å². The summed E-state index contributed by atoms with van der Waals surface area (Å²) < 4.78 is 5.05. The first kappa shape index (κ1) is 33.3. The standard InChI is InChI=1S/C58H33NS/c1-3-10-36(11-4-1)39-20-26-45-49-28-27-44(47-15-9-16-48(58(47)49)50(45)32-39)38-18-24-43(25-19-38)59-54-17-8-7-14-46(54)51-33-41(21-29-55(51)59)42-23-31-57-53(35-42)52-34-40(22-30-56(52)60-57)37-12-5-2-6-13-37/h1-19,21-25,27-35H. The van der Waals surface area contributed by atoms with Crippen molar-refractivity contribution in [3.8, 4) is 39.1 Å². The Labute approximate surface area is 351 Å². The molecule has 0 saturated heterocycles. The highest BCUT2D eigenvalue weighted by molar-refractivity contribution is 7.25. The Morgan fingerprint density at radius 3 is 1.73 bits per heavy atom. The van der Waals surface area contributed by atoms with E-state index in [9.17, 15) is 0 Å². The highest BCUT2D eigenvalue weighted by Crippen LogP contribution is 2.49. The summed E-state index contributed by atoms with van der Waals surface area (Å²) in [7, 11) is 0. The van der Waals surface area contributed by atoms with Crippen LogP contribution in [0.15, 0.2) is 212 Å². The van der Waals surface area contributed by atoms with Crippen LogP contribution in [0.3, 0.4) is 0 Å². The highest BCUT2D eigenvalue weighted by Gasteiger charge is 2.27. The van der Waals surface area contributed by atoms with Crippen LogP contribution in [0.1, 0.15) is 16.7 Å². The molecule has 2 aromatic heterocycles. The van der Waals surface area contributed by atoms with Gasteiger partial charge < -0.3 is 4.57 Å². The molecule has 0 atom stereocenters. The molecule has 9 aromatic carbocycles. The Morgan fingerprint density at radius 1 is 0.367 bits per heavy atom. The Morgan fingerprint density at radius 2 is 0.967 bits per heavy atom. The van der Waals surface area contributed by atoms with Gasteiger partial charge in [-0.1, -0.05) is 151 Å². The highest BCUT2D eigenvalue weighted by atomic mass is 32.1. The molecule has 276 valence electrons. The Hall–Kier alpha value is -7.70. The van der Waals surface area contributed by atoms with E-state index < -0.39 is 0 Å². The lowest BCUT2D eigenvalue weighted by Gasteiger charge is -2.12. The molecule has 0 radical (unpaired) electrons. The normalized spacial score (nSPS) is 13.0. The van der Waals surface area contributed by atoms with Gasteiger partial charge in [0, 0.05) is 47.8 Å². The monoisotopic (exact) mass is 775 g/mol. The lowest BCUT2D eigenvalue weighted by molar-refractivity contribution is 1.18. The third kappa shape index (κ3) is 5.00. The van der Waals surface area contributed by atoms with Crippen molar-refractivity contribution >= 4 is 80.8 Å². The van der Waals surface area contributed by atoms with Gasteiger partial charge in [-0.2, -0.15) is 0 Å². The van der Waals surface area contributed by atoms with Crippen LogP contribution in [0.4, 0.5) is 0 Å². The number of hydrogen-bond acceptors (Lipinski definition) is 1. The minimum atomic E-state index is 1.07. The van der Waals surface area contributed by atoms with E-state index in [1.807, 2.05) is 11.3 Å². The van der Waals surface area contributed by atoms with E-state index in [0.717, 1.165) is 22.4 Å². The Balaban J connectivity index is 0.880. The van der Waals surface area contributed by atoms with Crippen LogP contribution in [0, 0.1) is 0 Å². The van der Waals surface area contributed by atoms with E-state index in [4.69, 9.17) is 0 Å². The molecule has 2 aliphatic carbocycles. The van der Waals surface area contributed by atoms with Gasteiger partial charge in [-0.3, -0.25) is 0 Å². The zero-order valence-electron chi connectivity index (χ0n) is 32.4. The van der Waals surface area contributed by atoms with Gasteiger partial charge in [0.2, 0.25) is 0 Å². The maximum absolute atomic E-state index is 3.54. The zero-order valence-corrected chi connectivity index (χ0v) is 33.2. The first-order valence-corrected chi connectivity index (χ1v) is 21.3. The van der Waals surface area contributed by atoms with Crippen molar-refractivity contribution < 1.29 is 0 Å². The lowest BCUT2D eigenvalue weighted by atomic mass is 9.95. The molecular weight excluding hydrogens is 743 g/mol. The summed E-state index contributed by atoms with van der Waals surface area (Å²) in [4.78, 5) is 0. The summed E-state index contributed by atoms with van der Waals surface area (Å²) in [5.41, 5.74) is 25.0. The van der Waals surface area contributed by atoms with Crippen LogP contribution in [0.5, 0.6) is 0 Å². The SMILES string of the molecule is C1=C=C2C(=CC=1c1ccccc1)c1cccc3c(-c4ccc(-n5c6ccccc6c6cc(-c7ccc8sc9ccc(-c%10ccccc%10)cc9c8c7)ccc65)cc4)ccc2c13. The maximum atomic E-state index is 3.54. The van der Waals surface area contributed by atoms with Crippen molar-refractivity contribution in [3.63, 3.8) is 0 Å². The molecule has 0 amide bonds. The molecule has 1 nitrogen and oxygen atoms in total. The molecule has 0 spiro atoms. The fourth-order valence-corrected chi connectivity index (χ4v) is 10.8. The second kappa shape index (κ2) is 12.9. The topological polar surface area (TPSA) is 4.93 Å². The van der Waals surface area contributed by atoms with Crippen LogP contribution in [0.2, 0.25) is 0 Å². The van der Waals surface area contributed by atoms with Crippen LogP contribution < -0.4 is 0 Å². The quantitative estimate of drug-likeness (QED) is 0.153. The number of benzene rings is 9. The number of aromatic nitrogens is 1. The number of hydrogen-bond donors (Lipinski definition) is 0. The molecule has 2 heteroatoms. The summed E-state index contributed by atoms with van der Waals surface area (Å²) in [6.45, 7) is 0. The summed E-state index contributed by atoms with van der Waals surface area (Å²) in [5, 5.41) is 7.70.